The smallest absolute Gasteiger partial charge is 0.411 e. The summed E-state index contributed by atoms with van der Waals surface area (Å²) in [5.41, 5.74) is 0.774. The van der Waals surface area contributed by atoms with Crippen molar-refractivity contribution in [2.24, 2.45) is 0 Å². The van der Waals surface area contributed by atoms with Gasteiger partial charge in [0, 0.05) is 12.1 Å². The molecule has 2 rings (SSSR count). The van der Waals surface area contributed by atoms with Crippen molar-refractivity contribution in [2.75, 3.05) is 30.5 Å². The van der Waals surface area contributed by atoms with Gasteiger partial charge in [-0.25, -0.2) is 4.79 Å². The van der Waals surface area contributed by atoms with Gasteiger partial charge in [-0.2, -0.15) is 0 Å². The molecule has 0 bridgehead atoms. The van der Waals surface area contributed by atoms with E-state index in [4.69, 9.17) is 18.6 Å². The second-order valence-electron chi connectivity index (χ2n) is 4.99. The van der Waals surface area contributed by atoms with Crippen molar-refractivity contribution in [3.63, 3.8) is 0 Å². The molecule has 0 saturated heterocycles. The Balaban J connectivity index is 2.34. The summed E-state index contributed by atoms with van der Waals surface area (Å²) in [4.78, 5) is 24.0. The number of hydrogen-bond donors (Lipinski definition) is 2. The minimum atomic E-state index is -0.608. The predicted octanol–water partition coefficient (Wildman–Crippen LogP) is 3.90. The van der Waals surface area contributed by atoms with Crippen LogP contribution in [0, 0.1) is 0 Å². The molecule has 0 aliphatic carbocycles. The fourth-order valence-electron chi connectivity index (χ4n) is 2.17. The summed E-state index contributed by atoms with van der Waals surface area (Å²) >= 11 is 0. The topological polar surface area (TPSA) is 99.0 Å². The number of rotatable bonds is 8. The minimum Gasteiger partial charge on any atom is -0.492 e. The van der Waals surface area contributed by atoms with E-state index in [9.17, 15) is 9.59 Å². The van der Waals surface area contributed by atoms with Crippen LogP contribution < -0.4 is 20.1 Å². The average molecular weight is 362 g/mol. The van der Waals surface area contributed by atoms with Gasteiger partial charge in [-0.15, -0.1) is 0 Å². The van der Waals surface area contributed by atoms with Crippen molar-refractivity contribution in [3.05, 3.63) is 36.3 Å². The van der Waals surface area contributed by atoms with Crippen LogP contribution in [0.3, 0.4) is 0 Å². The first-order valence-electron chi connectivity index (χ1n) is 8.31. The third kappa shape index (κ3) is 4.92. The van der Waals surface area contributed by atoms with E-state index in [1.807, 2.05) is 13.8 Å². The maximum atomic E-state index is 12.3. The highest BCUT2D eigenvalue weighted by atomic mass is 16.5. The summed E-state index contributed by atoms with van der Waals surface area (Å²) in [6.07, 6.45) is 0.805. The van der Waals surface area contributed by atoms with Crippen LogP contribution in [0.2, 0.25) is 0 Å². The standard InChI is InChI=1S/C18H22N2O6/c1-4-23-15-11-13(20-18(22)25-6-3)16(24-5-2)10-12(15)19-17(21)14-8-7-9-26-14/h7-11H,4-6H2,1-3H3,(H,19,21)(H,20,22). The summed E-state index contributed by atoms with van der Waals surface area (Å²) in [6, 6.07) is 6.33. The average Bonchev–Trinajstić information content (AvgIpc) is 3.13. The van der Waals surface area contributed by atoms with E-state index in [-0.39, 0.29) is 12.4 Å². The van der Waals surface area contributed by atoms with E-state index in [2.05, 4.69) is 10.6 Å². The Hall–Kier alpha value is -3.16. The van der Waals surface area contributed by atoms with Crippen molar-refractivity contribution in [1.29, 1.82) is 0 Å². The molecule has 8 nitrogen and oxygen atoms in total. The lowest BCUT2D eigenvalue weighted by Gasteiger charge is -2.17. The Labute approximate surface area is 151 Å². The number of furan rings is 1. The molecule has 1 aromatic heterocycles. The van der Waals surface area contributed by atoms with Crippen molar-refractivity contribution in [3.8, 4) is 11.5 Å². The summed E-state index contributed by atoms with van der Waals surface area (Å²) in [5, 5.41) is 5.33. The zero-order chi connectivity index (χ0) is 18.9. The second-order valence-corrected chi connectivity index (χ2v) is 4.99. The minimum absolute atomic E-state index is 0.166. The summed E-state index contributed by atoms with van der Waals surface area (Å²) in [5.74, 6) is 0.491. The van der Waals surface area contributed by atoms with Crippen molar-refractivity contribution in [2.45, 2.75) is 20.8 Å². The highest BCUT2D eigenvalue weighted by Crippen LogP contribution is 2.37. The van der Waals surface area contributed by atoms with Gasteiger partial charge in [0.15, 0.2) is 5.76 Å². The number of carbonyl (C=O) groups excluding carboxylic acids is 2. The first-order chi connectivity index (χ1) is 12.6. The van der Waals surface area contributed by atoms with E-state index < -0.39 is 12.0 Å². The van der Waals surface area contributed by atoms with Gasteiger partial charge in [0.2, 0.25) is 0 Å². The van der Waals surface area contributed by atoms with Crippen molar-refractivity contribution in [1.82, 2.24) is 0 Å². The lowest BCUT2D eigenvalue weighted by molar-refractivity contribution is 0.0996. The van der Waals surface area contributed by atoms with Gasteiger partial charge in [-0.1, -0.05) is 0 Å². The molecule has 2 aromatic rings. The highest BCUT2D eigenvalue weighted by Gasteiger charge is 2.18. The van der Waals surface area contributed by atoms with Crippen LogP contribution in [0.5, 0.6) is 11.5 Å². The van der Waals surface area contributed by atoms with Gasteiger partial charge in [0.1, 0.15) is 11.5 Å². The van der Waals surface area contributed by atoms with Gasteiger partial charge in [0.25, 0.3) is 5.91 Å². The van der Waals surface area contributed by atoms with Gasteiger partial charge < -0.3 is 23.9 Å². The number of ether oxygens (including phenoxy) is 3. The third-order valence-corrected chi connectivity index (χ3v) is 3.19. The lowest BCUT2D eigenvalue weighted by Crippen LogP contribution is -2.16. The molecule has 26 heavy (non-hydrogen) atoms. The maximum Gasteiger partial charge on any atom is 0.411 e. The maximum absolute atomic E-state index is 12.3. The molecule has 0 atom stereocenters. The van der Waals surface area contributed by atoms with Crippen LogP contribution in [-0.2, 0) is 4.74 Å². The molecule has 0 aliphatic rings. The molecule has 1 aromatic carbocycles. The van der Waals surface area contributed by atoms with Crippen LogP contribution >= 0.6 is 0 Å². The van der Waals surface area contributed by atoms with E-state index in [1.165, 1.54) is 6.26 Å². The van der Waals surface area contributed by atoms with Crippen molar-refractivity contribution >= 4 is 23.4 Å². The van der Waals surface area contributed by atoms with Crippen LogP contribution in [0.1, 0.15) is 31.3 Å². The molecule has 1 heterocycles. The molecule has 2 N–H and O–H groups in total. The predicted molar refractivity (Wildman–Crippen MR) is 96.1 cm³/mol. The Morgan fingerprint density at radius 2 is 1.58 bits per heavy atom. The lowest BCUT2D eigenvalue weighted by atomic mass is 10.2. The third-order valence-electron chi connectivity index (χ3n) is 3.19. The first-order valence-corrected chi connectivity index (χ1v) is 8.31. The number of hydrogen-bond acceptors (Lipinski definition) is 6. The molecule has 0 radical (unpaired) electrons. The number of benzene rings is 1. The Morgan fingerprint density at radius 1 is 0.962 bits per heavy atom. The number of amides is 2. The largest absolute Gasteiger partial charge is 0.492 e. The fourth-order valence-corrected chi connectivity index (χ4v) is 2.17. The van der Waals surface area contributed by atoms with Gasteiger partial charge in [-0.05, 0) is 32.9 Å². The zero-order valence-corrected chi connectivity index (χ0v) is 15.0. The summed E-state index contributed by atoms with van der Waals surface area (Å²) < 4.78 is 21.1. The molecule has 8 heteroatoms. The SMILES string of the molecule is CCOC(=O)Nc1cc(OCC)c(NC(=O)c2ccco2)cc1OCC. The molecule has 140 valence electrons. The van der Waals surface area contributed by atoms with Gasteiger partial charge in [0.05, 0.1) is 37.5 Å². The quantitative estimate of drug-likeness (QED) is 0.739. The molecule has 0 spiro atoms. The van der Waals surface area contributed by atoms with Crippen LogP contribution in [0.15, 0.2) is 34.9 Å². The summed E-state index contributed by atoms with van der Waals surface area (Å²) in [7, 11) is 0. The van der Waals surface area contributed by atoms with E-state index in [0.717, 1.165) is 0 Å². The molecule has 0 saturated carbocycles. The monoisotopic (exact) mass is 362 g/mol. The van der Waals surface area contributed by atoms with Crippen LogP contribution in [-0.4, -0.2) is 31.8 Å². The number of nitrogens with one attached hydrogen (secondary N) is 2. The summed E-state index contributed by atoms with van der Waals surface area (Å²) in [6.45, 7) is 6.32. The van der Waals surface area contributed by atoms with E-state index >= 15 is 0 Å². The number of carbonyl (C=O) groups is 2. The van der Waals surface area contributed by atoms with Crippen LogP contribution in [0.4, 0.5) is 16.2 Å². The molecular formula is C18H22N2O6. The van der Waals surface area contributed by atoms with E-state index in [0.29, 0.717) is 36.1 Å². The Bertz CT molecular complexity index is 742. The normalized spacial score (nSPS) is 10.1. The molecular weight excluding hydrogens is 340 g/mol. The molecule has 0 fully saturated rings. The Kier molecular flexibility index (Phi) is 6.90. The molecule has 2 amide bonds. The molecule has 0 unspecified atom stereocenters. The van der Waals surface area contributed by atoms with E-state index in [1.54, 1.807) is 31.2 Å². The Morgan fingerprint density at radius 3 is 2.08 bits per heavy atom. The van der Waals surface area contributed by atoms with Gasteiger partial charge >= 0.3 is 6.09 Å². The fraction of sp³-hybridized carbons (Fsp3) is 0.333. The second kappa shape index (κ2) is 9.36. The first kappa shape index (κ1) is 19.2. The number of anilines is 2. The highest BCUT2D eigenvalue weighted by molar-refractivity contribution is 6.03. The van der Waals surface area contributed by atoms with Crippen LogP contribution in [0.25, 0.3) is 0 Å². The molecule has 0 aliphatic heterocycles. The van der Waals surface area contributed by atoms with Crippen molar-refractivity contribution < 1.29 is 28.2 Å². The van der Waals surface area contributed by atoms with Gasteiger partial charge in [-0.3, -0.25) is 10.1 Å². The zero-order valence-electron chi connectivity index (χ0n) is 15.0.